The van der Waals surface area contributed by atoms with Crippen molar-refractivity contribution in [1.82, 2.24) is 0 Å². The Hall–Kier alpha value is -2.28. The predicted molar refractivity (Wildman–Crippen MR) is 275 cm³/mol. The van der Waals surface area contributed by atoms with Crippen LogP contribution in [0.5, 0.6) is 0 Å². The smallest absolute Gasteiger partial charge is 0.306 e. The van der Waals surface area contributed by atoms with E-state index in [1.807, 2.05) is 0 Å². The number of esters is 2. The summed E-state index contributed by atoms with van der Waals surface area (Å²) in [6, 6.07) is 0. The average Bonchev–Trinajstić information content (AvgIpc) is 3.36. The molecule has 0 aliphatic carbocycles. The maximum absolute atomic E-state index is 13.0. The Kier molecular flexibility index (Phi) is 39.3. The molecule has 0 aromatic heterocycles. The second-order valence-electron chi connectivity index (χ2n) is 19.7. The largest absolute Gasteiger partial charge is 0.462 e. The van der Waals surface area contributed by atoms with Crippen LogP contribution in [0.2, 0.25) is 0 Å². The number of unbranched alkanes of at least 4 members (excludes halogenated alkanes) is 24. The topological polar surface area (TPSA) is 231 Å². The molecule has 2 saturated heterocycles. The number of hydrogen-bond donors (Lipinski definition) is 7. The van der Waals surface area contributed by atoms with Gasteiger partial charge in [-0.25, -0.2) is 0 Å². The van der Waals surface area contributed by atoms with E-state index in [1.165, 1.54) is 109 Å². The summed E-state index contributed by atoms with van der Waals surface area (Å²) in [5.41, 5.74) is 0. The molecule has 15 nitrogen and oxygen atoms in total. The first-order valence-corrected chi connectivity index (χ1v) is 28.1. The molecular formula is C56H100O15. The summed E-state index contributed by atoms with van der Waals surface area (Å²) in [5, 5.41) is 72.1. The van der Waals surface area contributed by atoms with Crippen LogP contribution in [-0.2, 0) is 38.0 Å². The molecule has 71 heavy (non-hydrogen) atoms. The minimum atomic E-state index is -1.77. The van der Waals surface area contributed by atoms with E-state index >= 15 is 0 Å². The molecule has 0 radical (unpaired) electrons. The molecule has 0 bridgehead atoms. The lowest BCUT2D eigenvalue weighted by Crippen LogP contribution is -2.61. The van der Waals surface area contributed by atoms with E-state index in [-0.39, 0.29) is 19.4 Å². The molecule has 0 saturated carbocycles. The van der Waals surface area contributed by atoms with Crippen LogP contribution in [0.15, 0.2) is 36.5 Å². The Morgan fingerprint density at radius 1 is 0.437 bits per heavy atom. The van der Waals surface area contributed by atoms with E-state index in [1.54, 1.807) is 0 Å². The monoisotopic (exact) mass is 1010 g/mol. The maximum Gasteiger partial charge on any atom is 0.306 e. The highest BCUT2D eigenvalue weighted by molar-refractivity contribution is 5.70. The van der Waals surface area contributed by atoms with Crippen LogP contribution >= 0.6 is 0 Å². The first-order valence-electron chi connectivity index (χ1n) is 28.1. The van der Waals surface area contributed by atoms with Crippen molar-refractivity contribution >= 4 is 11.9 Å². The Bertz CT molecular complexity index is 1380. The Morgan fingerprint density at radius 3 is 1.35 bits per heavy atom. The van der Waals surface area contributed by atoms with Crippen LogP contribution in [0.1, 0.15) is 213 Å². The first-order chi connectivity index (χ1) is 34.5. The molecule has 0 aromatic carbocycles. The lowest BCUT2D eigenvalue weighted by Gasteiger charge is -2.42. The number of rotatable bonds is 44. The third kappa shape index (κ3) is 30.6. The molecule has 2 aliphatic heterocycles. The van der Waals surface area contributed by atoms with Gasteiger partial charge in [-0.1, -0.05) is 166 Å². The summed E-state index contributed by atoms with van der Waals surface area (Å²) in [5.74, 6) is -0.981. The van der Waals surface area contributed by atoms with Gasteiger partial charge in [-0.3, -0.25) is 9.59 Å². The van der Waals surface area contributed by atoms with Crippen LogP contribution < -0.4 is 0 Å². The lowest BCUT2D eigenvalue weighted by atomic mass is 9.98. The molecule has 2 fully saturated rings. The fraction of sp³-hybridized carbons (Fsp3) is 0.857. The fourth-order valence-electron chi connectivity index (χ4n) is 8.70. The summed E-state index contributed by atoms with van der Waals surface area (Å²) in [4.78, 5) is 25.8. The number of aliphatic hydroxyl groups is 7. The van der Waals surface area contributed by atoms with Gasteiger partial charge in [0.15, 0.2) is 18.7 Å². The van der Waals surface area contributed by atoms with E-state index in [9.17, 15) is 45.3 Å². The number of carbonyl (C=O) groups is 2. The van der Waals surface area contributed by atoms with Crippen molar-refractivity contribution < 1.29 is 73.8 Å². The van der Waals surface area contributed by atoms with Gasteiger partial charge in [0.25, 0.3) is 0 Å². The second kappa shape index (κ2) is 43.0. The number of aliphatic hydroxyl groups excluding tert-OH is 7. The van der Waals surface area contributed by atoms with Gasteiger partial charge in [0.05, 0.1) is 19.8 Å². The number of ether oxygens (including phenoxy) is 6. The summed E-state index contributed by atoms with van der Waals surface area (Å²) in [6.07, 6.45) is 30.5. The average molecular weight is 1010 g/mol. The van der Waals surface area contributed by atoms with Crippen molar-refractivity contribution in [3.05, 3.63) is 36.5 Å². The minimum Gasteiger partial charge on any atom is -0.462 e. The van der Waals surface area contributed by atoms with Gasteiger partial charge >= 0.3 is 11.9 Å². The van der Waals surface area contributed by atoms with Gasteiger partial charge in [0.2, 0.25) is 0 Å². The quantitative estimate of drug-likeness (QED) is 0.0172. The van der Waals surface area contributed by atoms with Gasteiger partial charge in [0, 0.05) is 12.8 Å². The van der Waals surface area contributed by atoms with E-state index < -0.39 is 99.3 Å². The maximum atomic E-state index is 13.0. The third-order valence-electron chi connectivity index (χ3n) is 13.3. The Morgan fingerprint density at radius 2 is 0.831 bits per heavy atom. The fourth-order valence-corrected chi connectivity index (χ4v) is 8.70. The molecule has 15 heteroatoms. The molecule has 7 N–H and O–H groups in total. The Balaban J connectivity index is 1.76. The Labute approximate surface area is 427 Å². The number of carbonyl (C=O) groups excluding carboxylic acids is 2. The molecule has 11 atom stereocenters. The van der Waals surface area contributed by atoms with Crippen LogP contribution in [0.25, 0.3) is 0 Å². The molecule has 2 aliphatic rings. The van der Waals surface area contributed by atoms with Crippen molar-refractivity contribution in [3.63, 3.8) is 0 Å². The normalized spacial score (nSPS) is 25.4. The van der Waals surface area contributed by atoms with Crippen molar-refractivity contribution in [2.45, 2.75) is 280 Å². The first kappa shape index (κ1) is 64.8. The third-order valence-corrected chi connectivity index (χ3v) is 13.3. The van der Waals surface area contributed by atoms with Crippen LogP contribution in [0.4, 0.5) is 0 Å². The van der Waals surface area contributed by atoms with Gasteiger partial charge in [-0.05, 0) is 70.6 Å². The lowest BCUT2D eigenvalue weighted by molar-refractivity contribution is -0.332. The minimum absolute atomic E-state index is 0.105. The molecule has 414 valence electrons. The summed E-state index contributed by atoms with van der Waals surface area (Å²) >= 11 is 0. The molecule has 2 heterocycles. The highest BCUT2D eigenvalue weighted by Crippen LogP contribution is 2.26. The zero-order valence-corrected chi connectivity index (χ0v) is 44.0. The number of allylic oxidation sites excluding steroid dienone is 6. The van der Waals surface area contributed by atoms with Crippen LogP contribution in [-0.4, -0.2) is 142 Å². The number of hydrogen-bond acceptors (Lipinski definition) is 15. The van der Waals surface area contributed by atoms with Crippen molar-refractivity contribution in [2.75, 3.05) is 26.4 Å². The van der Waals surface area contributed by atoms with Crippen LogP contribution in [0.3, 0.4) is 0 Å². The van der Waals surface area contributed by atoms with Gasteiger partial charge in [0.1, 0.15) is 55.4 Å². The van der Waals surface area contributed by atoms with Gasteiger partial charge in [-0.15, -0.1) is 0 Å². The van der Waals surface area contributed by atoms with E-state index in [0.717, 1.165) is 57.8 Å². The zero-order valence-electron chi connectivity index (χ0n) is 44.0. The standard InChI is InChI=1S/C56H100O15/c1-3-5-7-9-11-13-15-17-18-19-20-21-22-23-24-25-26-27-29-31-33-35-37-39-48(59)69-44(41-66-47(58)38-36-34-32-30-28-16-14-12-10-8-6-4-2)42-67-55-54(65)52(63)50(61)46(71-55)43-68-56-53(64)51(62)49(60)45(40-57)70-56/h12,14,25-26,31,33,44-46,49-57,60-65H,3-11,13,15-24,27-30,32,34-43H2,1-2H3/b14-12+,26-25+,33-31+/t44-,45+,46+,49-,50-,51?,52?,53?,54?,55+,56+/m1/s1. The van der Waals surface area contributed by atoms with E-state index in [0.29, 0.717) is 19.3 Å². The van der Waals surface area contributed by atoms with Crippen LogP contribution in [0, 0.1) is 0 Å². The molecule has 2 rings (SSSR count). The van der Waals surface area contributed by atoms with Gasteiger partial charge < -0.3 is 64.2 Å². The summed E-state index contributed by atoms with van der Waals surface area (Å²) in [6.45, 7) is 2.54. The van der Waals surface area contributed by atoms with Crippen molar-refractivity contribution in [3.8, 4) is 0 Å². The van der Waals surface area contributed by atoms with E-state index in [4.69, 9.17) is 28.4 Å². The molecular weight excluding hydrogens is 913 g/mol. The molecule has 0 amide bonds. The van der Waals surface area contributed by atoms with E-state index in [2.05, 4.69) is 50.3 Å². The predicted octanol–water partition coefficient (Wildman–Crippen LogP) is 8.88. The highest BCUT2D eigenvalue weighted by Gasteiger charge is 2.47. The molecule has 4 unspecified atom stereocenters. The van der Waals surface area contributed by atoms with Crippen molar-refractivity contribution in [2.24, 2.45) is 0 Å². The second-order valence-corrected chi connectivity index (χ2v) is 19.7. The summed E-state index contributed by atoms with van der Waals surface area (Å²) in [7, 11) is 0. The zero-order chi connectivity index (χ0) is 51.7. The van der Waals surface area contributed by atoms with Crippen molar-refractivity contribution in [1.29, 1.82) is 0 Å². The molecule has 0 spiro atoms. The SMILES string of the molecule is CCCCC/C=C/CCCCCCCC(=O)OC[C@H](CO[C@H]1O[C@@H](CO[C@H]2O[C@@H](CO)[C@@H](O)C(O)C2O)[C@@H](O)C(O)C1O)OC(=O)CCC/C=C/CC/C=C/CCCCCCCCCCCCCCCC. The summed E-state index contributed by atoms with van der Waals surface area (Å²) < 4.78 is 33.6. The molecule has 0 aromatic rings. The van der Waals surface area contributed by atoms with Gasteiger partial charge in [-0.2, -0.15) is 0 Å². The highest BCUT2D eigenvalue weighted by atomic mass is 16.7.